The van der Waals surface area contributed by atoms with Crippen molar-refractivity contribution < 1.29 is 4.79 Å². The van der Waals surface area contributed by atoms with Crippen LogP contribution in [0.1, 0.15) is 70.3 Å². The standard InChI is InChI=1S/C31H37ClN4OS/c1-21(2)18-24-16-14-23(15-17-24)10-6-7-11-25-19-27(30(37)26-12-8-9-13-28(26)32)31(38-25)36-22(3)33-34-29(36)20-35(4)5/h8-9,12-17,19,21H,6-7,10-11,18,20H2,1-5H3. The summed E-state index contributed by atoms with van der Waals surface area (Å²) < 4.78 is 2.02. The molecule has 0 radical (unpaired) electrons. The molecule has 7 heteroatoms. The van der Waals surface area contributed by atoms with Gasteiger partial charge < -0.3 is 4.90 Å². The number of benzene rings is 2. The first-order valence-electron chi connectivity index (χ1n) is 13.3. The number of unbranched alkanes of at least 4 members (excludes halogenated alkanes) is 1. The zero-order chi connectivity index (χ0) is 27.2. The number of hydrogen-bond acceptors (Lipinski definition) is 5. The van der Waals surface area contributed by atoms with Gasteiger partial charge in [-0.2, -0.15) is 0 Å². The molecular formula is C31H37ClN4OS. The molecule has 5 nitrogen and oxygen atoms in total. The Morgan fingerprint density at radius 1 is 0.974 bits per heavy atom. The maximum absolute atomic E-state index is 13.7. The number of rotatable bonds is 12. The van der Waals surface area contributed by atoms with Crippen molar-refractivity contribution in [2.45, 2.75) is 59.4 Å². The summed E-state index contributed by atoms with van der Waals surface area (Å²) in [6.45, 7) is 7.07. The third kappa shape index (κ3) is 6.99. The van der Waals surface area contributed by atoms with E-state index in [-0.39, 0.29) is 5.78 Å². The molecule has 200 valence electrons. The van der Waals surface area contributed by atoms with Crippen molar-refractivity contribution in [2.75, 3.05) is 14.1 Å². The third-order valence-electron chi connectivity index (χ3n) is 6.48. The van der Waals surface area contributed by atoms with Crippen LogP contribution >= 0.6 is 22.9 Å². The largest absolute Gasteiger partial charge is 0.302 e. The molecule has 0 saturated carbocycles. The minimum absolute atomic E-state index is 0.0708. The first-order valence-corrected chi connectivity index (χ1v) is 14.5. The quantitative estimate of drug-likeness (QED) is 0.137. The van der Waals surface area contributed by atoms with Crippen LogP contribution in [0.5, 0.6) is 0 Å². The zero-order valence-electron chi connectivity index (χ0n) is 23.0. The van der Waals surface area contributed by atoms with E-state index in [0.29, 0.717) is 28.6 Å². The molecule has 0 aliphatic heterocycles. The van der Waals surface area contributed by atoms with Crippen molar-refractivity contribution in [1.82, 2.24) is 19.7 Å². The molecule has 2 aromatic heterocycles. The van der Waals surface area contributed by atoms with Gasteiger partial charge in [0.2, 0.25) is 0 Å². The Morgan fingerprint density at radius 3 is 2.34 bits per heavy atom. The van der Waals surface area contributed by atoms with E-state index >= 15 is 0 Å². The molecule has 0 unspecified atom stereocenters. The summed E-state index contributed by atoms with van der Waals surface area (Å²) in [6, 6.07) is 18.4. The number of thiophene rings is 1. The molecule has 0 saturated heterocycles. The molecule has 0 N–H and O–H groups in total. The van der Waals surface area contributed by atoms with Crippen molar-refractivity contribution >= 4 is 28.7 Å². The van der Waals surface area contributed by atoms with Gasteiger partial charge in [0.1, 0.15) is 10.8 Å². The highest BCUT2D eigenvalue weighted by Crippen LogP contribution is 2.33. The number of carbonyl (C=O) groups excluding carboxylic acids is 1. The van der Waals surface area contributed by atoms with E-state index in [1.165, 1.54) is 16.0 Å². The number of carbonyl (C=O) groups is 1. The van der Waals surface area contributed by atoms with Gasteiger partial charge in [0, 0.05) is 10.4 Å². The van der Waals surface area contributed by atoms with E-state index in [1.54, 1.807) is 23.5 Å². The van der Waals surface area contributed by atoms with E-state index in [2.05, 4.69) is 53.2 Å². The molecule has 0 fully saturated rings. The summed E-state index contributed by atoms with van der Waals surface area (Å²) in [6.07, 6.45) is 5.26. The molecule has 2 aromatic carbocycles. The fraction of sp³-hybridized carbons (Fsp3) is 0.387. The molecule has 2 heterocycles. The number of hydrogen-bond donors (Lipinski definition) is 0. The van der Waals surface area contributed by atoms with Crippen LogP contribution in [-0.4, -0.2) is 39.5 Å². The molecule has 4 rings (SSSR count). The van der Waals surface area contributed by atoms with Crippen LogP contribution in [0, 0.1) is 12.8 Å². The van der Waals surface area contributed by atoms with E-state index in [9.17, 15) is 4.79 Å². The maximum Gasteiger partial charge on any atom is 0.197 e. The second kappa shape index (κ2) is 12.8. The fourth-order valence-corrected chi connectivity index (χ4v) is 6.15. The van der Waals surface area contributed by atoms with Crippen LogP contribution in [0.15, 0.2) is 54.6 Å². The summed E-state index contributed by atoms with van der Waals surface area (Å²) in [5.74, 6) is 2.19. The minimum Gasteiger partial charge on any atom is -0.302 e. The highest BCUT2D eigenvalue weighted by Gasteiger charge is 2.24. The van der Waals surface area contributed by atoms with Gasteiger partial charge in [-0.1, -0.05) is 61.8 Å². The SMILES string of the molecule is Cc1nnc(CN(C)C)n1-c1sc(CCCCc2ccc(CC(C)C)cc2)cc1C(=O)c1ccccc1Cl. The van der Waals surface area contributed by atoms with Gasteiger partial charge in [-0.3, -0.25) is 9.36 Å². The maximum atomic E-state index is 13.7. The zero-order valence-corrected chi connectivity index (χ0v) is 24.6. The van der Waals surface area contributed by atoms with Gasteiger partial charge in [0.25, 0.3) is 0 Å². The molecule has 0 aliphatic rings. The summed E-state index contributed by atoms with van der Waals surface area (Å²) in [7, 11) is 4.00. The van der Waals surface area contributed by atoms with Gasteiger partial charge in [-0.15, -0.1) is 21.5 Å². The molecule has 4 aromatic rings. The van der Waals surface area contributed by atoms with Crippen LogP contribution < -0.4 is 0 Å². The fourth-order valence-electron chi connectivity index (χ4n) is 4.67. The van der Waals surface area contributed by atoms with Gasteiger partial charge in [-0.25, -0.2) is 0 Å². The van der Waals surface area contributed by atoms with Gasteiger partial charge in [0.15, 0.2) is 11.6 Å². The van der Waals surface area contributed by atoms with Crippen LogP contribution in [0.2, 0.25) is 5.02 Å². The second-order valence-corrected chi connectivity index (χ2v) is 12.1. The molecular weight excluding hydrogens is 512 g/mol. The van der Waals surface area contributed by atoms with Crippen LogP contribution in [0.3, 0.4) is 0 Å². The van der Waals surface area contributed by atoms with Crippen LogP contribution in [0.25, 0.3) is 5.00 Å². The lowest BCUT2D eigenvalue weighted by Crippen LogP contribution is -2.16. The lowest BCUT2D eigenvalue weighted by atomic mass is 10.00. The summed E-state index contributed by atoms with van der Waals surface area (Å²) in [5, 5.41) is 10.1. The average Bonchev–Trinajstić information content (AvgIpc) is 3.44. The van der Waals surface area contributed by atoms with Crippen molar-refractivity contribution in [1.29, 1.82) is 0 Å². The summed E-state index contributed by atoms with van der Waals surface area (Å²) in [4.78, 5) is 16.9. The lowest BCUT2D eigenvalue weighted by molar-refractivity contribution is 0.103. The third-order valence-corrected chi connectivity index (χ3v) is 7.99. The normalized spacial score (nSPS) is 11.6. The Kier molecular flexibility index (Phi) is 9.53. The van der Waals surface area contributed by atoms with Gasteiger partial charge in [-0.05, 0) is 88.4 Å². The first-order chi connectivity index (χ1) is 18.2. The van der Waals surface area contributed by atoms with E-state index in [4.69, 9.17) is 11.6 Å². The van der Waals surface area contributed by atoms with E-state index in [0.717, 1.165) is 48.8 Å². The Labute approximate surface area is 235 Å². The second-order valence-electron chi connectivity index (χ2n) is 10.6. The average molecular weight is 549 g/mol. The number of ketones is 1. The molecule has 0 spiro atoms. The van der Waals surface area contributed by atoms with Crippen LogP contribution in [0.4, 0.5) is 0 Å². The van der Waals surface area contributed by atoms with Crippen molar-refractivity contribution in [3.63, 3.8) is 0 Å². The summed E-state index contributed by atoms with van der Waals surface area (Å²) >= 11 is 8.08. The number of aryl methyl sites for hydroxylation is 3. The predicted molar refractivity (Wildman–Crippen MR) is 158 cm³/mol. The first kappa shape index (κ1) is 28.2. The smallest absolute Gasteiger partial charge is 0.197 e. The predicted octanol–water partition coefficient (Wildman–Crippen LogP) is 7.35. The Morgan fingerprint density at radius 2 is 1.66 bits per heavy atom. The molecule has 0 atom stereocenters. The Hall–Kier alpha value is -2.80. The molecule has 0 aliphatic carbocycles. The molecule has 38 heavy (non-hydrogen) atoms. The monoisotopic (exact) mass is 548 g/mol. The minimum atomic E-state index is -0.0708. The van der Waals surface area contributed by atoms with Gasteiger partial charge in [0.05, 0.1) is 17.1 Å². The Balaban J connectivity index is 1.54. The summed E-state index contributed by atoms with van der Waals surface area (Å²) in [5.41, 5.74) is 3.96. The van der Waals surface area contributed by atoms with E-state index in [1.807, 2.05) is 43.8 Å². The molecule has 0 bridgehead atoms. The number of halogens is 1. The van der Waals surface area contributed by atoms with Crippen molar-refractivity contribution in [2.24, 2.45) is 5.92 Å². The van der Waals surface area contributed by atoms with Crippen molar-refractivity contribution in [3.8, 4) is 5.00 Å². The van der Waals surface area contributed by atoms with Gasteiger partial charge >= 0.3 is 0 Å². The van der Waals surface area contributed by atoms with E-state index < -0.39 is 0 Å². The lowest BCUT2D eigenvalue weighted by Gasteiger charge is -2.12. The van der Waals surface area contributed by atoms with Crippen LogP contribution in [-0.2, 0) is 25.8 Å². The number of nitrogens with zero attached hydrogens (tertiary/aromatic N) is 4. The highest BCUT2D eigenvalue weighted by molar-refractivity contribution is 7.15. The number of aromatic nitrogens is 3. The topological polar surface area (TPSA) is 51.0 Å². The Bertz CT molecular complexity index is 1370. The highest BCUT2D eigenvalue weighted by atomic mass is 35.5. The molecule has 0 amide bonds. The van der Waals surface area contributed by atoms with Crippen molar-refractivity contribution in [3.05, 3.63) is 98.4 Å².